The Labute approximate surface area is 115 Å². The van der Waals surface area contributed by atoms with Crippen molar-refractivity contribution in [3.63, 3.8) is 0 Å². The van der Waals surface area contributed by atoms with E-state index in [9.17, 15) is 9.59 Å². The van der Waals surface area contributed by atoms with Crippen LogP contribution in [0, 0.1) is 5.92 Å². The van der Waals surface area contributed by atoms with Crippen molar-refractivity contribution in [2.45, 2.75) is 6.92 Å². The molecule has 0 aromatic rings. The van der Waals surface area contributed by atoms with Crippen LogP contribution in [0.1, 0.15) is 6.92 Å². The maximum absolute atomic E-state index is 12.1. The number of likely N-dealkylation sites (N-methyl/N-ethyl adjacent to an activating group) is 1. The number of carbonyl (C=O) groups excluding carboxylic acids is 2. The molecule has 0 aliphatic carbocycles. The summed E-state index contributed by atoms with van der Waals surface area (Å²) < 4.78 is 0. The molecule has 0 bridgehead atoms. The van der Waals surface area contributed by atoms with Crippen LogP contribution >= 0.6 is 0 Å². The van der Waals surface area contributed by atoms with Crippen molar-refractivity contribution in [2.75, 3.05) is 60.4 Å². The summed E-state index contributed by atoms with van der Waals surface area (Å²) in [5, 5.41) is 3.02. The summed E-state index contributed by atoms with van der Waals surface area (Å²) in [7, 11) is 5.62. The second-order valence-corrected chi connectivity index (χ2v) is 5.40. The topological polar surface area (TPSA) is 55.9 Å². The van der Waals surface area contributed by atoms with E-state index in [1.807, 2.05) is 42.8 Å². The summed E-state index contributed by atoms with van der Waals surface area (Å²) in [4.78, 5) is 29.6. The second-order valence-electron chi connectivity index (χ2n) is 5.40. The van der Waals surface area contributed by atoms with Crippen LogP contribution in [0.3, 0.4) is 0 Å². The van der Waals surface area contributed by atoms with Crippen molar-refractivity contribution in [2.24, 2.45) is 5.92 Å². The van der Waals surface area contributed by atoms with Crippen molar-refractivity contribution in [1.29, 1.82) is 0 Å². The van der Waals surface area contributed by atoms with Gasteiger partial charge < -0.3 is 20.0 Å². The Balaban J connectivity index is 2.40. The summed E-state index contributed by atoms with van der Waals surface area (Å²) >= 11 is 0. The van der Waals surface area contributed by atoms with E-state index in [4.69, 9.17) is 0 Å². The number of nitrogens with zero attached hydrogens (tertiary/aromatic N) is 3. The summed E-state index contributed by atoms with van der Waals surface area (Å²) in [5.41, 5.74) is 0. The zero-order valence-corrected chi connectivity index (χ0v) is 12.5. The SMILES string of the molecule is CNCC(C)C(=O)N1CCN(C(=O)CN(C)C)CC1. The van der Waals surface area contributed by atoms with Crippen LogP contribution in [0.4, 0.5) is 0 Å². The molecule has 0 aromatic heterocycles. The van der Waals surface area contributed by atoms with Gasteiger partial charge in [-0.05, 0) is 21.1 Å². The van der Waals surface area contributed by atoms with Gasteiger partial charge in [0.05, 0.1) is 6.54 Å². The maximum atomic E-state index is 12.1. The van der Waals surface area contributed by atoms with Crippen LogP contribution < -0.4 is 5.32 Å². The standard InChI is InChI=1S/C13H26N4O2/c1-11(9-14-2)13(19)17-7-5-16(6-8-17)12(18)10-15(3)4/h11,14H,5-10H2,1-4H3. The number of carbonyl (C=O) groups is 2. The van der Waals surface area contributed by atoms with Crippen LogP contribution in [0.25, 0.3) is 0 Å². The van der Waals surface area contributed by atoms with Crippen LogP contribution in [0.2, 0.25) is 0 Å². The van der Waals surface area contributed by atoms with Gasteiger partial charge in [-0.3, -0.25) is 9.59 Å². The summed E-state index contributed by atoms with van der Waals surface area (Å²) in [6.07, 6.45) is 0. The lowest BCUT2D eigenvalue weighted by atomic mass is 10.1. The first-order valence-corrected chi connectivity index (χ1v) is 6.81. The van der Waals surface area contributed by atoms with Crippen LogP contribution in [0.15, 0.2) is 0 Å². The predicted molar refractivity (Wildman–Crippen MR) is 74.8 cm³/mol. The fourth-order valence-electron chi connectivity index (χ4n) is 2.25. The molecule has 19 heavy (non-hydrogen) atoms. The minimum atomic E-state index is -0.00553. The summed E-state index contributed by atoms with van der Waals surface area (Å²) in [6.45, 7) is 5.64. The number of amides is 2. The van der Waals surface area contributed by atoms with Gasteiger partial charge in [0.15, 0.2) is 0 Å². The lowest BCUT2D eigenvalue weighted by Crippen LogP contribution is -2.53. The van der Waals surface area contributed by atoms with E-state index in [1.165, 1.54) is 0 Å². The normalized spacial score (nSPS) is 17.7. The van der Waals surface area contributed by atoms with Crippen molar-refractivity contribution in [3.05, 3.63) is 0 Å². The Morgan fingerprint density at radius 2 is 1.68 bits per heavy atom. The molecule has 1 fully saturated rings. The molecule has 0 aromatic carbocycles. The number of rotatable bonds is 5. The van der Waals surface area contributed by atoms with Crippen LogP contribution in [0.5, 0.6) is 0 Å². The van der Waals surface area contributed by atoms with Gasteiger partial charge >= 0.3 is 0 Å². The van der Waals surface area contributed by atoms with Gasteiger partial charge in [0, 0.05) is 38.6 Å². The number of piperazine rings is 1. The molecule has 6 nitrogen and oxygen atoms in total. The highest BCUT2D eigenvalue weighted by molar-refractivity contribution is 5.80. The third-order valence-corrected chi connectivity index (χ3v) is 3.33. The van der Waals surface area contributed by atoms with E-state index < -0.39 is 0 Å². The fourth-order valence-corrected chi connectivity index (χ4v) is 2.25. The van der Waals surface area contributed by atoms with Gasteiger partial charge in [0.2, 0.25) is 11.8 Å². The Morgan fingerprint density at radius 3 is 2.16 bits per heavy atom. The Kier molecular flexibility index (Phi) is 6.24. The molecular formula is C13H26N4O2. The molecule has 1 unspecified atom stereocenters. The van der Waals surface area contributed by atoms with Crippen LogP contribution in [-0.2, 0) is 9.59 Å². The fraction of sp³-hybridized carbons (Fsp3) is 0.846. The molecule has 0 radical (unpaired) electrons. The first kappa shape index (κ1) is 15.9. The van der Waals surface area contributed by atoms with Crippen molar-refractivity contribution < 1.29 is 9.59 Å². The molecule has 1 atom stereocenters. The van der Waals surface area contributed by atoms with E-state index in [0.29, 0.717) is 39.3 Å². The number of hydrogen-bond acceptors (Lipinski definition) is 4. The Morgan fingerprint density at radius 1 is 1.16 bits per heavy atom. The molecule has 2 amide bonds. The molecule has 1 N–H and O–H groups in total. The highest BCUT2D eigenvalue weighted by Crippen LogP contribution is 2.07. The average molecular weight is 270 g/mol. The minimum Gasteiger partial charge on any atom is -0.339 e. The molecule has 1 heterocycles. The zero-order chi connectivity index (χ0) is 14.4. The largest absolute Gasteiger partial charge is 0.339 e. The maximum Gasteiger partial charge on any atom is 0.236 e. The van der Waals surface area contributed by atoms with Crippen molar-refractivity contribution in [1.82, 2.24) is 20.0 Å². The molecule has 1 rings (SSSR count). The lowest BCUT2D eigenvalue weighted by molar-refractivity contribution is -0.141. The van der Waals surface area contributed by atoms with Gasteiger partial charge in [-0.1, -0.05) is 6.92 Å². The van der Waals surface area contributed by atoms with E-state index >= 15 is 0 Å². The first-order valence-electron chi connectivity index (χ1n) is 6.81. The quantitative estimate of drug-likeness (QED) is 0.701. The smallest absolute Gasteiger partial charge is 0.236 e. The van der Waals surface area contributed by atoms with Gasteiger partial charge in [-0.25, -0.2) is 0 Å². The van der Waals surface area contributed by atoms with Crippen LogP contribution in [-0.4, -0.2) is 86.9 Å². The zero-order valence-electron chi connectivity index (χ0n) is 12.5. The highest BCUT2D eigenvalue weighted by Gasteiger charge is 2.26. The summed E-state index contributed by atoms with van der Waals surface area (Å²) in [6, 6.07) is 0. The Bertz CT molecular complexity index is 312. The minimum absolute atomic E-state index is 0.00553. The van der Waals surface area contributed by atoms with E-state index in [1.54, 1.807) is 0 Å². The van der Waals surface area contributed by atoms with Crippen molar-refractivity contribution >= 4 is 11.8 Å². The first-order chi connectivity index (χ1) is 8.95. The molecule has 0 spiro atoms. The highest BCUT2D eigenvalue weighted by atomic mass is 16.2. The van der Waals surface area contributed by atoms with Gasteiger partial charge in [0.25, 0.3) is 0 Å². The van der Waals surface area contributed by atoms with E-state index in [2.05, 4.69) is 5.32 Å². The van der Waals surface area contributed by atoms with Gasteiger partial charge in [-0.15, -0.1) is 0 Å². The predicted octanol–water partition coefficient (Wildman–Crippen LogP) is -0.926. The summed E-state index contributed by atoms with van der Waals surface area (Å²) in [5.74, 6) is 0.309. The van der Waals surface area contributed by atoms with Gasteiger partial charge in [0.1, 0.15) is 0 Å². The molecule has 0 saturated carbocycles. The Hall–Kier alpha value is -1.14. The second kappa shape index (κ2) is 7.45. The number of hydrogen-bond donors (Lipinski definition) is 1. The van der Waals surface area contributed by atoms with E-state index in [0.717, 1.165) is 0 Å². The van der Waals surface area contributed by atoms with Gasteiger partial charge in [-0.2, -0.15) is 0 Å². The lowest BCUT2D eigenvalue weighted by Gasteiger charge is -2.36. The molecule has 1 aliphatic rings. The molecule has 6 heteroatoms. The number of nitrogens with one attached hydrogen (secondary N) is 1. The molecule has 1 saturated heterocycles. The third-order valence-electron chi connectivity index (χ3n) is 3.33. The molecule has 110 valence electrons. The molecular weight excluding hydrogens is 244 g/mol. The monoisotopic (exact) mass is 270 g/mol. The third kappa shape index (κ3) is 4.80. The van der Waals surface area contributed by atoms with E-state index in [-0.39, 0.29) is 17.7 Å². The van der Waals surface area contributed by atoms with Crippen molar-refractivity contribution in [3.8, 4) is 0 Å². The average Bonchev–Trinajstić information content (AvgIpc) is 2.37. The molecule has 1 aliphatic heterocycles.